The Morgan fingerprint density at radius 1 is 1.27 bits per heavy atom. The Labute approximate surface area is 87.3 Å². The Hall–Kier alpha value is -1.91. The van der Waals surface area contributed by atoms with Gasteiger partial charge in [-0.25, -0.2) is 4.98 Å². The van der Waals surface area contributed by atoms with Crippen molar-refractivity contribution in [2.24, 2.45) is 0 Å². The van der Waals surface area contributed by atoms with E-state index in [1.807, 2.05) is 13.8 Å². The van der Waals surface area contributed by atoms with Gasteiger partial charge in [0, 0.05) is 5.92 Å². The smallest absolute Gasteiger partial charge is 0.276 e. The van der Waals surface area contributed by atoms with E-state index >= 15 is 0 Å². The lowest BCUT2D eigenvalue weighted by Crippen LogP contribution is -1.92. The van der Waals surface area contributed by atoms with Crippen molar-refractivity contribution in [3.63, 3.8) is 0 Å². The summed E-state index contributed by atoms with van der Waals surface area (Å²) >= 11 is 0. The number of nitrogen functional groups attached to an aromatic ring is 1. The second-order valence-electron chi connectivity index (χ2n) is 3.56. The van der Waals surface area contributed by atoms with E-state index in [4.69, 9.17) is 10.3 Å². The highest BCUT2D eigenvalue weighted by Gasteiger charge is 2.12. The second-order valence-corrected chi connectivity index (χ2v) is 3.56. The summed E-state index contributed by atoms with van der Waals surface area (Å²) in [4.78, 5) is 8.32. The van der Waals surface area contributed by atoms with E-state index < -0.39 is 0 Å². The van der Waals surface area contributed by atoms with Gasteiger partial charge in [-0.15, -0.1) is 0 Å². The number of anilines is 1. The fourth-order valence-electron chi connectivity index (χ4n) is 1.14. The zero-order chi connectivity index (χ0) is 10.8. The summed E-state index contributed by atoms with van der Waals surface area (Å²) in [6.07, 6.45) is 0. The third kappa shape index (κ3) is 1.96. The lowest BCUT2D eigenvalue weighted by molar-refractivity contribution is 0.418. The maximum atomic E-state index is 5.56. The van der Waals surface area contributed by atoms with E-state index in [9.17, 15) is 0 Å². The molecule has 0 aliphatic carbocycles. The first-order chi connectivity index (χ1) is 7.16. The number of rotatable bonds is 2. The molecule has 2 N–H and O–H groups in total. The summed E-state index contributed by atoms with van der Waals surface area (Å²) in [6, 6.07) is 5.30. The Kier molecular flexibility index (Phi) is 2.37. The minimum atomic E-state index is 0.239. The van der Waals surface area contributed by atoms with E-state index in [2.05, 4.69) is 15.1 Å². The lowest BCUT2D eigenvalue weighted by Gasteiger charge is -1.94. The van der Waals surface area contributed by atoms with Crippen molar-refractivity contribution in [1.29, 1.82) is 0 Å². The van der Waals surface area contributed by atoms with Gasteiger partial charge in [-0.05, 0) is 12.1 Å². The predicted molar refractivity (Wildman–Crippen MR) is 56.0 cm³/mol. The topological polar surface area (TPSA) is 77.8 Å². The van der Waals surface area contributed by atoms with Crippen LogP contribution >= 0.6 is 0 Å². The maximum absolute atomic E-state index is 5.56. The van der Waals surface area contributed by atoms with Crippen LogP contribution in [0.5, 0.6) is 0 Å². The first-order valence-electron chi connectivity index (χ1n) is 4.73. The highest BCUT2D eigenvalue weighted by molar-refractivity contribution is 5.49. The Morgan fingerprint density at radius 2 is 2.07 bits per heavy atom. The van der Waals surface area contributed by atoms with Gasteiger partial charge in [0.2, 0.25) is 0 Å². The number of hydrogen-bond donors (Lipinski definition) is 1. The molecule has 15 heavy (non-hydrogen) atoms. The zero-order valence-electron chi connectivity index (χ0n) is 8.64. The maximum Gasteiger partial charge on any atom is 0.276 e. The van der Waals surface area contributed by atoms with Gasteiger partial charge < -0.3 is 10.3 Å². The van der Waals surface area contributed by atoms with Crippen LogP contribution < -0.4 is 5.73 Å². The molecule has 5 nitrogen and oxygen atoms in total. The molecule has 2 heterocycles. The summed E-state index contributed by atoms with van der Waals surface area (Å²) in [6.45, 7) is 4.00. The number of pyridine rings is 1. The van der Waals surface area contributed by atoms with E-state index in [0.717, 1.165) is 0 Å². The molecule has 0 aromatic carbocycles. The highest BCUT2D eigenvalue weighted by Crippen LogP contribution is 2.18. The molecule has 0 atom stereocenters. The average Bonchev–Trinajstić information content (AvgIpc) is 2.66. The molecule has 0 bridgehead atoms. The third-order valence-corrected chi connectivity index (χ3v) is 1.95. The minimum Gasteiger partial charge on any atom is -0.384 e. The molecule has 0 radical (unpaired) electrons. The van der Waals surface area contributed by atoms with Gasteiger partial charge in [0.25, 0.3) is 5.89 Å². The summed E-state index contributed by atoms with van der Waals surface area (Å²) in [7, 11) is 0. The van der Waals surface area contributed by atoms with E-state index in [1.165, 1.54) is 0 Å². The number of aromatic nitrogens is 3. The van der Waals surface area contributed by atoms with Gasteiger partial charge in [-0.2, -0.15) is 4.98 Å². The van der Waals surface area contributed by atoms with Gasteiger partial charge in [-0.3, -0.25) is 0 Å². The SMILES string of the molecule is CC(C)c1noc(-c2cccc(N)n2)n1. The molecule has 0 spiro atoms. The van der Waals surface area contributed by atoms with E-state index in [-0.39, 0.29) is 5.92 Å². The van der Waals surface area contributed by atoms with Gasteiger partial charge in [0.15, 0.2) is 5.82 Å². The van der Waals surface area contributed by atoms with Gasteiger partial charge in [0.1, 0.15) is 11.5 Å². The van der Waals surface area contributed by atoms with E-state index in [0.29, 0.717) is 23.2 Å². The first-order valence-corrected chi connectivity index (χ1v) is 4.73. The molecular formula is C10H12N4O. The molecule has 0 aliphatic rings. The summed E-state index contributed by atoms with van der Waals surface area (Å²) in [5, 5.41) is 3.85. The molecule has 0 aliphatic heterocycles. The quantitative estimate of drug-likeness (QED) is 0.807. The molecule has 5 heteroatoms. The molecule has 2 rings (SSSR count). The van der Waals surface area contributed by atoms with Crippen LogP contribution in [0.2, 0.25) is 0 Å². The molecule has 0 amide bonds. The van der Waals surface area contributed by atoms with Crippen LogP contribution in [0.25, 0.3) is 11.6 Å². The Morgan fingerprint density at radius 3 is 2.67 bits per heavy atom. The summed E-state index contributed by atoms with van der Waals surface area (Å²) in [5.41, 5.74) is 6.17. The van der Waals surface area contributed by atoms with Crippen LogP contribution in [-0.4, -0.2) is 15.1 Å². The Bertz CT molecular complexity index is 464. The van der Waals surface area contributed by atoms with Crippen molar-refractivity contribution < 1.29 is 4.52 Å². The minimum absolute atomic E-state index is 0.239. The number of hydrogen-bond acceptors (Lipinski definition) is 5. The Balaban J connectivity index is 2.37. The molecule has 0 fully saturated rings. The van der Waals surface area contributed by atoms with Crippen LogP contribution in [-0.2, 0) is 0 Å². The second kappa shape index (κ2) is 3.68. The normalized spacial score (nSPS) is 10.9. The van der Waals surface area contributed by atoms with Crippen LogP contribution in [0, 0.1) is 0 Å². The largest absolute Gasteiger partial charge is 0.384 e. The van der Waals surface area contributed by atoms with Crippen molar-refractivity contribution in [1.82, 2.24) is 15.1 Å². The standard InChI is InChI=1S/C10H12N4O/c1-6(2)9-13-10(15-14-9)7-4-3-5-8(11)12-7/h3-6H,1-2H3,(H2,11,12). The van der Waals surface area contributed by atoms with Crippen LogP contribution in [0.1, 0.15) is 25.6 Å². The van der Waals surface area contributed by atoms with E-state index in [1.54, 1.807) is 18.2 Å². The van der Waals surface area contributed by atoms with Crippen molar-refractivity contribution >= 4 is 5.82 Å². The van der Waals surface area contributed by atoms with Gasteiger partial charge in [-0.1, -0.05) is 25.1 Å². The molecule has 0 unspecified atom stereocenters. The fraction of sp³-hybridized carbons (Fsp3) is 0.300. The number of nitrogens with zero attached hydrogens (tertiary/aromatic N) is 3. The molecule has 0 saturated heterocycles. The number of nitrogens with two attached hydrogens (primary N) is 1. The van der Waals surface area contributed by atoms with Crippen LogP contribution in [0.3, 0.4) is 0 Å². The molecule has 0 saturated carbocycles. The van der Waals surface area contributed by atoms with Gasteiger partial charge >= 0.3 is 0 Å². The van der Waals surface area contributed by atoms with Crippen molar-refractivity contribution in [3.05, 3.63) is 24.0 Å². The molecule has 78 valence electrons. The average molecular weight is 204 g/mol. The molecule has 2 aromatic rings. The van der Waals surface area contributed by atoms with Gasteiger partial charge in [0.05, 0.1) is 0 Å². The predicted octanol–water partition coefficient (Wildman–Crippen LogP) is 1.84. The third-order valence-electron chi connectivity index (χ3n) is 1.95. The van der Waals surface area contributed by atoms with Crippen molar-refractivity contribution in [2.45, 2.75) is 19.8 Å². The highest BCUT2D eigenvalue weighted by atomic mass is 16.5. The van der Waals surface area contributed by atoms with Crippen molar-refractivity contribution in [2.75, 3.05) is 5.73 Å². The molecular weight excluding hydrogens is 192 g/mol. The monoisotopic (exact) mass is 204 g/mol. The summed E-state index contributed by atoms with van der Waals surface area (Å²) < 4.78 is 5.09. The summed E-state index contributed by atoms with van der Waals surface area (Å²) in [5.74, 6) is 1.76. The van der Waals surface area contributed by atoms with Crippen LogP contribution in [0.4, 0.5) is 5.82 Å². The molecule has 2 aromatic heterocycles. The fourth-order valence-corrected chi connectivity index (χ4v) is 1.14. The van der Waals surface area contributed by atoms with Crippen LogP contribution in [0.15, 0.2) is 22.7 Å². The zero-order valence-corrected chi connectivity index (χ0v) is 8.64. The van der Waals surface area contributed by atoms with Crippen molar-refractivity contribution in [3.8, 4) is 11.6 Å². The first kappa shape index (κ1) is 9.64. The lowest BCUT2D eigenvalue weighted by atomic mass is 10.2.